The fourth-order valence-electron chi connectivity index (χ4n) is 3.52. The Balaban J connectivity index is 1.56. The summed E-state index contributed by atoms with van der Waals surface area (Å²) in [5.74, 6) is -0.731. The summed E-state index contributed by atoms with van der Waals surface area (Å²) in [6.07, 6.45) is 1.45. The second-order valence-corrected chi connectivity index (χ2v) is 10.6. The molecule has 0 atom stereocenters. The maximum Gasteiger partial charge on any atom is 0.339 e. The van der Waals surface area contributed by atoms with E-state index in [0.717, 1.165) is 27.8 Å². The molecule has 3 aromatic carbocycles. The highest BCUT2D eigenvalue weighted by Crippen LogP contribution is 2.35. The number of thioether (sulfide) groups is 1. The van der Waals surface area contributed by atoms with E-state index in [1.807, 2.05) is 31.2 Å². The molecule has 1 aliphatic heterocycles. The highest BCUT2D eigenvalue weighted by atomic mass is 32.2. The minimum Gasteiger partial charge on any atom is -0.378 e. The normalized spacial score (nSPS) is 14.8. The number of imide groups is 1. The summed E-state index contributed by atoms with van der Waals surface area (Å²) < 4.78 is 31.1. The lowest BCUT2D eigenvalue weighted by Gasteiger charge is -2.13. The van der Waals surface area contributed by atoms with Gasteiger partial charge in [-0.1, -0.05) is 48.0 Å². The van der Waals surface area contributed by atoms with Crippen molar-refractivity contribution in [2.75, 3.05) is 5.32 Å². The average Bonchev–Trinajstić information content (AvgIpc) is 3.07. The minimum absolute atomic E-state index is 0.00826. The first-order valence-corrected chi connectivity index (χ1v) is 13.1. The molecule has 3 aromatic rings. The first-order valence-electron chi connectivity index (χ1n) is 10.8. The maximum absolute atomic E-state index is 13.0. The van der Waals surface area contributed by atoms with Crippen molar-refractivity contribution in [1.29, 1.82) is 0 Å². The fourth-order valence-corrected chi connectivity index (χ4v) is 5.30. The number of carbonyl (C=O) groups excluding carboxylic acids is 3. The van der Waals surface area contributed by atoms with Gasteiger partial charge in [-0.15, -0.1) is 0 Å². The molecule has 0 unspecified atom stereocenters. The van der Waals surface area contributed by atoms with E-state index in [4.69, 9.17) is 4.18 Å². The lowest BCUT2D eigenvalue weighted by Crippen LogP contribution is -2.27. The number of aryl methyl sites for hydroxylation is 1. The highest BCUT2D eigenvalue weighted by Gasteiger charge is 2.35. The molecule has 4 rings (SSSR count). The predicted molar refractivity (Wildman–Crippen MR) is 138 cm³/mol. The molecule has 3 amide bonds. The number of amides is 3. The van der Waals surface area contributed by atoms with Gasteiger partial charge in [0.15, 0.2) is 0 Å². The number of para-hydroxylation sites is 1. The van der Waals surface area contributed by atoms with Crippen LogP contribution in [0.4, 0.5) is 10.5 Å². The molecule has 1 N–H and O–H groups in total. The molecule has 1 heterocycles. The molecule has 0 spiro atoms. The van der Waals surface area contributed by atoms with Gasteiger partial charge in [0.25, 0.3) is 11.1 Å². The summed E-state index contributed by atoms with van der Waals surface area (Å²) in [5, 5.41) is 2.16. The molecule has 0 bridgehead atoms. The monoisotopic (exact) mass is 522 g/mol. The zero-order valence-electron chi connectivity index (χ0n) is 19.4. The van der Waals surface area contributed by atoms with Crippen LogP contribution in [0.1, 0.15) is 23.6 Å². The third-order valence-corrected chi connectivity index (χ3v) is 7.32. The van der Waals surface area contributed by atoms with Gasteiger partial charge in [-0.3, -0.25) is 19.3 Å². The molecular weight excluding hydrogens is 500 g/mol. The smallest absolute Gasteiger partial charge is 0.339 e. The van der Waals surface area contributed by atoms with Crippen LogP contribution >= 0.6 is 11.8 Å². The van der Waals surface area contributed by atoms with Crippen LogP contribution in [-0.4, -0.2) is 30.4 Å². The third kappa shape index (κ3) is 5.84. The van der Waals surface area contributed by atoms with Crippen molar-refractivity contribution in [3.05, 3.63) is 94.4 Å². The van der Waals surface area contributed by atoms with Crippen LogP contribution in [0.15, 0.2) is 82.6 Å². The van der Waals surface area contributed by atoms with Crippen molar-refractivity contribution < 1.29 is 27.0 Å². The summed E-state index contributed by atoms with van der Waals surface area (Å²) in [6.45, 7) is 3.42. The van der Waals surface area contributed by atoms with Gasteiger partial charge in [-0.05, 0) is 60.7 Å². The Labute approximate surface area is 213 Å². The molecule has 0 saturated carbocycles. The number of anilines is 1. The standard InChI is InChI=1S/C26H22N2O6S2/c1-17-6-5-7-19(14-17)16-28-25(30)24(35-26(28)31)15-20-8-3-4-9-23(20)34-36(32,33)22-12-10-21(11-13-22)27-18(2)29/h3-15H,16H2,1-2H3,(H,27,29)/b24-15-. The van der Waals surface area contributed by atoms with Crippen LogP contribution in [-0.2, 0) is 26.3 Å². The number of nitrogens with zero attached hydrogens (tertiary/aromatic N) is 1. The molecule has 1 aliphatic rings. The summed E-state index contributed by atoms with van der Waals surface area (Å²) in [7, 11) is -4.21. The van der Waals surface area contributed by atoms with Crippen molar-refractivity contribution >= 4 is 50.7 Å². The van der Waals surface area contributed by atoms with Gasteiger partial charge in [0.1, 0.15) is 10.6 Å². The highest BCUT2D eigenvalue weighted by molar-refractivity contribution is 8.18. The Bertz CT molecular complexity index is 1480. The van der Waals surface area contributed by atoms with Crippen LogP contribution in [0, 0.1) is 6.92 Å². The van der Waals surface area contributed by atoms with Gasteiger partial charge in [0.05, 0.1) is 11.4 Å². The van der Waals surface area contributed by atoms with E-state index in [0.29, 0.717) is 11.3 Å². The average molecular weight is 523 g/mol. The first kappa shape index (κ1) is 25.2. The van der Waals surface area contributed by atoms with E-state index < -0.39 is 21.3 Å². The molecule has 1 fully saturated rings. The Hall–Kier alpha value is -3.89. The van der Waals surface area contributed by atoms with E-state index >= 15 is 0 Å². The lowest BCUT2D eigenvalue weighted by atomic mass is 10.1. The van der Waals surface area contributed by atoms with Crippen molar-refractivity contribution in [2.24, 2.45) is 0 Å². The quantitative estimate of drug-likeness (QED) is 0.345. The van der Waals surface area contributed by atoms with Gasteiger partial charge < -0.3 is 9.50 Å². The van der Waals surface area contributed by atoms with Gasteiger partial charge in [0, 0.05) is 18.2 Å². The predicted octanol–water partition coefficient (Wildman–Crippen LogP) is 4.96. The minimum atomic E-state index is -4.21. The molecule has 8 nitrogen and oxygen atoms in total. The maximum atomic E-state index is 13.0. The van der Waals surface area contributed by atoms with Gasteiger partial charge in [-0.25, -0.2) is 0 Å². The van der Waals surface area contributed by atoms with Crippen LogP contribution < -0.4 is 9.50 Å². The summed E-state index contributed by atoms with van der Waals surface area (Å²) in [6, 6.07) is 19.4. The number of carbonyl (C=O) groups is 3. The summed E-state index contributed by atoms with van der Waals surface area (Å²) in [4.78, 5) is 37.9. The zero-order chi connectivity index (χ0) is 25.9. The molecular formula is C26H22N2O6S2. The van der Waals surface area contributed by atoms with Gasteiger partial charge in [0.2, 0.25) is 5.91 Å². The van der Waals surface area contributed by atoms with E-state index in [2.05, 4.69) is 5.32 Å². The van der Waals surface area contributed by atoms with Crippen molar-refractivity contribution in [3.63, 3.8) is 0 Å². The molecule has 0 aromatic heterocycles. The number of nitrogens with one attached hydrogen (secondary N) is 1. The van der Waals surface area contributed by atoms with E-state index in [1.54, 1.807) is 18.2 Å². The fraction of sp³-hybridized carbons (Fsp3) is 0.115. The van der Waals surface area contributed by atoms with Crippen LogP contribution in [0.2, 0.25) is 0 Å². The Kier molecular flexibility index (Phi) is 7.27. The lowest BCUT2D eigenvalue weighted by molar-refractivity contribution is -0.123. The topological polar surface area (TPSA) is 110 Å². The van der Waals surface area contributed by atoms with Crippen molar-refractivity contribution in [1.82, 2.24) is 4.90 Å². The summed E-state index contributed by atoms with van der Waals surface area (Å²) >= 11 is 0.789. The Morgan fingerprint density at radius 2 is 1.75 bits per heavy atom. The molecule has 1 saturated heterocycles. The number of hydrogen-bond acceptors (Lipinski definition) is 7. The Morgan fingerprint density at radius 1 is 1.03 bits per heavy atom. The van der Waals surface area contributed by atoms with E-state index in [-0.39, 0.29) is 28.0 Å². The van der Waals surface area contributed by atoms with Crippen LogP contribution in [0.5, 0.6) is 5.75 Å². The molecule has 184 valence electrons. The summed E-state index contributed by atoms with van der Waals surface area (Å²) in [5.41, 5.74) is 2.63. The van der Waals surface area contributed by atoms with E-state index in [1.165, 1.54) is 43.3 Å². The number of hydrogen-bond donors (Lipinski definition) is 1. The number of rotatable bonds is 7. The van der Waals surface area contributed by atoms with Crippen LogP contribution in [0.25, 0.3) is 6.08 Å². The third-order valence-electron chi connectivity index (χ3n) is 5.17. The Morgan fingerprint density at radius 3 is 2.44 bits per heavy atom. The molecule has 0 radical (unpaired) electrons. The van der Waals surface area contributed by atoms with Crippen LogP contribution in [0.3, 0.4) is 0 Å². The first-order chi connectivity index (χ1) is 17.1. The molecule has 36 heavy (non-hydrogen) atoms. The van der Waals surface area contributed by atoms with Gasteiger partial charge >= 0.3 is 10.1 Å². The van der Waals surface area contributed by atoms with Crippen molar-refractivity contribution in [3.8, 4) is 5.75 Å². The van der Waals surface area contributed by atoms with Crippen molar-refractivity contribution in [2.45, 2.75) is 25.3 Å². The SMILES string of the molecule is CC(=O)Nc1ccc(S(=O)(=O)Oc2ccccc2/C=C2\SC(=O)N(Cc3cccc(C)c3)C2=O)cc1. The second-order valence-electron chi connectivity index (χ2n) is 8.04. The van der Waals surface area contributed by atoms with Gasteiger partial charge in [-0.2, -0.15) is 8.42 Å². The van der Waals surface area contributed by atoms with E-state index in [9.17, 15) is 22.8 Å². The molecule has 10 heteroatoms. The molecule has 0 aliphatic carbocycles. The zero-order valence-corrected chi connectivity index (χ0v) is 21.1. The number of benzene rings is 3. The second kappa shape index (κ2) is 10.4. The largest absolute Gasteiger partial charge is 0.378 e.